The van der Waals surface area contributed by atoms with Crippen molar-refractivity contribution in [1.82, 2.24) is 24.8 Å². The summed E-state index contributed by atoms with van der Waals surface area (Å²) >= 11 is 4.84. The van der Waals surface area contributed by atoms with Crippen LogP contribution in [0.3, 0.4) is 0 Å². The first-order valence-electron chi connectivity index (χ1n) is 14.2. The van der Waals surface area contributed by atoms with Gasteiger partial charge in [-0.05, 0) is 70.0 Å². The molecule has 0 atom stereocenters. The van der Waals surface area contributed by atoms with Gasteiger partial charge in [0.15, 0.2) is 0 Å². The minimum Gasteiger partial charge on any atom is -0.488 e. The molecule has 0 saturated carbocycles. The lowest BCUT2D eigenvalue weighted by Gasteiger charge is -2.14. The summed E-state index contributed by atoms with van der Waals surface area (Å²) in [5.41, 5.74) is 4.43. The zero-order valence-electron chi connectivity index (χ0n) is 24.5. The fraction of sp³-hybridized carbons (Fsp3) is 0.121. The van der Waals surface area contributed by atoms with Crippen LogP contribution in [-0.4, -0.2) is 45.3 Å². The zero-order chi connectivity index (χ0) is 32.8. The Morgan fingerprint density at radius 2 is 1.89 bits per heavy atom. The van der Waals surface area contributed by atoms with E-state index in [0.29, 0.717) is 61.9 Å². The number of nitrogens with one attached hydrogen (secondary N) is 1. The van der Waals surface area contributed by atoms with Crippen molar-refractivity contribution in [2.75, 3.05) is 11.9 Å². The van der Waals surface area contributed by atoms with Gasteiger partial charge in [-0.25, -0.2) is 23.7 Å². The Hall–Kier alpha value is -4.63. The molecular weight excluding hydrogens is 710 g/mol. The summed E-state index contributed by atoms with van der Waals surface area (Å²) in [6.45, 7) is 0.840. The zero-order valence-corrected chi connectivity index (χ0v) is 27.7. The first-order valence-corrected chi connectivity index (χ1v) is 17.0. The highest BCUT2D eigenvalue weighted by molar-refractivity contribution is 9.10. The van der Waals surface area contributed by atoms with E-state index in [4.69, 9.17) is 4.74 Å². The highest BCUT2D eigenvalue weighted by atomic mass is 79.9. The first-order chi connectivity index (χ1) is 22.8. The maximum atomic E-state index is 15.4. The van der Waals surface area contributed by atoms with E-state index in [1.807, 2.05) is 30.3 Å². The quantitative estimate of drug-likeness (QED) is 0.131. The molecule has 3 aromatic heterocycles. The van der Waals surface area contributed by atoms with Crippen molar-refractivity contribution < 1.29 is 21.9 Å². The predicted octanol–water partition coefficient (Wildman–Crippen LogP) is 7.20. The van der Waals surface area contributed by atoms with Crippen LogP contribution in [0.25, 0.3) is 22.2 Å². The molecule has 0 saturated heterocycles. The predicted molar refractivity (Wildman–Crippen MR) is 182 cm³/mol. The van der Waals surface area contributed by atoms with Gasteiger partial charge in [-0.1, -0.05) is 18.2 Å². The Morgan fingerprint density at radius 1 is 1.00 bits per heavy atom. The Balaban J connectivity index is 1.20. The summed E-state index contributed by atoms with van der Waals surface area (Å²) in [5, 5.41) is 6.20. The summed E-state index contributed by atoms with van der Waals surface area (Å²) < 4.78 is 58.4. The summed E-state index contributed by atoms with van der Waals surface area (Å²) in [7, 11) is -2.40. The second-order valence-electron chi connectivity index (χ2n) is 10.3. The van der Waals surface area contributed by atoms with Crippen molar-refractivity contribution in [2.45, 2.75) is 19.6 Å². The average Bonchev–Trinajstić information content (AvgIpc) is 3.51. The van der Waals surface area contributed by atoms with Gasteiger partial charge in [-0.2, -0.15) is 8.42 Å². The molecule has 0 aliphatic carbocycles. The van der Waals surface area contributed by atoms with Crippen LogP contribution in [0.15, 0.2) is 95.2 Å². The molecule has 6 aromatic rings. The number of aromatic nitrogens is 4. The standard InChI is InChI=1S/C33H25BrF2N6O3S2/c34-27-13-24(7-8-31(27)45-17-21-4-3-5-22(35)12-21)40-33-26-14-25(28(36)15-29(26)38-19-39-33)30-18-46-32(41-30)16-42(20-47(43)44)11-9-23-6-1-2-10-37-23/h1-8,10,12-15,18-20H,9,11,16-17H2,(H,38,39,40). The molecule has 0 radical (unpaired) electrons. The number of rotatable bonds is 12. The molecule has 0 unspecified atom stereocenters. The Morgan fingerprint density at radius 3 is 2.68 bits per heavy atom. The van der Waals surface area contributed by atoms with Gasteiger partial charge in [0.2, 0.25) is 10.3 Å². The lowest BCUT2D eigenvalue weighted by Crippen LogP contribution is -2.24. The molecule has 0 aliphatic rings. The molecule has 14 heteroatoms. The highest BCUT2D eigenvalue weighted by Gasteiger charge is 2.16. The number of halogens is 3. The molecule has 0 amide bonds. The third-order valence-corrected chi connectivity index (χ3v) is 8.91. The summed E-state index contributed by atoms with van der Waals surface area (Å²) in [5.74, 6) is 0.207. The number of fused-ring (bicyclic) bond motifs is 1. The van der Waals surface area contributed by atoms with E-state index in [1.165, 1.54) is 35.9 Å². The topological polar surface area (TPSA) is 110 Å². The number of anilines is 2. The largest absolute Gasteiger partial charge is 0.488 e. The number of pyridine rings is 1. The number of nitrogens with zero attached hydrogens (tertiary/aromatic N) is 5. The molecule has 0 bridgehead atoms. The van der Waals surface area contributed by atoms with E-state index in [9.17, 15) is 12.8 Å². The van der Waals surface area contributed by atoms with E-state index in [0.717, 1.165) is 11.2 Å². The fourth-order valence-corrected chi connectivity index (χ4v) is 6.50. The Kier molecular flexibility index (Phi) is 10.2. The van der Waals surface area contributed by atoms with Crippen molar-refractivity contribution in [3.05, 3.63) is 123 Å². The smallest absolute Gasteiger partial charge is 0.225 e. The molecule has 9 nitrogen and oxygen atoms in total. The van der Waals surface area contributed by atoms with Crippen LogP contribution in [0.1, 0.15) is 16.3 Å². The number of ether oxygens (including phenoxy) is 1. The summed E-state index contributed by atoms with van der Waals surface area (Å²) in [6.07, 6.45) is 3.59. The molecule has 3 aromatic carbocycles. The van der Waals surface area contributed by atoms with Gasteiger partial charge < -0.3 is 10.1 Å². The van der Waals surface area contributed by atoms with Crippen LogP contribution in [0.2, 0.25) is 0 Å². The fourth-order valence-electron chi connectivity index (χ4n) is 4.77. The molecule has 1 N–H and O–H groups in total. The van der Waals surface area contributed by atoms with Crippen molar-refractivity contribution in [2.24, 2.45) is 0 Å². The van der Waals surface area contributed by atoms with Gasteiger partial charge in [-0.15, -0.1) is 11.3 Å². The molecular formula is C33H25BrF2N6O3S2. The van der Waals surface area contributed by atoms with E-state index in [-0.39, 0.29) is 24.5 Å². The second kappa shape index (κ2) is 14.9. The minimum absolute atomic E-state index is 0.200. The van der Waals surface area contributed by atoms with E-state index in [2.05, 4.69) is 41.2 Å². The normalized spacial score (nSPS) is 11.1. The maximum absolute atomic E-state index is 15.4. The minimum atomic E-state index is -2.40. The molecule has 3 heterocycles. The monoisotopic (exact) mass is 734 g/mol. The van der Waals surface area contributed by atoms with Crippen LogP contribution in [-0.2, 0) is 29.9 Å². The molecule has 0 fully saturated rings. The van der Waals surface area contributed by atoms with E-state index in [1.54, 1.807) is 40.7 Å². The lowest BCUT2D eigenvalue weighted by atomic mass is 10.1. The van der Waals surface area contributed by atoms with Crippen molar-refractivity contribution in [3.8, 4) is 17.0 Å². The number of thiazole rings is 1. The van der Waals surface area contributed by atoms with Gasteiger partial charge in [0.25, 0.3) is 0 Å². The lowest BCUT2D eigenvalue weighted by molar-refractivity contribution is 0.303. The molecule has 47 heavy (non-hydrogen) atoms. The third-order valence-electron chi connectivity index (χ3n) is 6.98. The second-order valence-corrected chi connectivity index (χ2v) is 12.8. The Labute approximate surface area is 282 Å². The average molecular weight is 736 g/mol. The van der Waals surface area contributed by atoms with E-state index >= 15 is 4.39 Å². The molecule has 0 aliphatic heterocycles. The summed E-state index contributed by atoms with van der Waals surface area (Å²) in [6, 6.07) is 20.2. The summed E-state index contributed by atoms with van der Waals surface area (Å²) in [4.78, 5) is 19.2. The van der Waals surface area contributed by atoms with Crippen LogP contribution in [0, 0.1) is 11.6 Å². The molecule has 238 valence electrons. The van der Waals surface area contributed by atoms with Crippen LogP contribution >= 0.6 is 27.3 Å². The number of benzene rings is 3. The van der Waals surface area contributed by atoms with Gasteiger partial charge in [0.1, 0.15) is 46.6 Å². The van der Waals surface area contributed by atoms with Gasteiger partial charge in [0.05, 0.1) is 22.2 Å². The van der Waals surface area contributed by atoms with Crippen molar-refractivity contribution in [3.63, 3.8) is 0 Å². The number of hydrogen-bond acceptors (Lipinski definition) is 9. The Bertz CT molecular complexity index is 2180. The number of hydrogen-bond donors (Lipinski definition) is 1. The van der Waals surface area contributed by atoms with Gasteiger partial charge in [0, 0.05) is 52.9 Å². The SMILES string of the molecule is O=S(=O)=CN(CCc1ccccn1)Cc1nc(-c2cc3c(Nc4ccc(OCc5cccc(F)c5)c(Br)c4)ncnc3cc2F)cs1. The van der Waals surface area contributed by atoms with Gasteiger partial charge in [-0.3, -0.25) is 9.88 Å². The third kappa shape index (κ3) is 8.40. The van der Waals surface area contributed by atoms with Gasteiger partial charge >= 0.3 is 0 Å². The molecule has 0 spiro atoms. The van der Waals surface area contributed by atoms with Crippen molar-refractivity contribution in [1.29, 1.82) is 0 Å². The van der Waals surface area contributed by atoms with Crippen molar-refractivity contribution >= 4 is 65.5 Å². The van der Waals surface area contributed by atoms with Crippen LogP contribution in [0.5, 0.6) is 5.75 Å². The maximum Gasteiger partial charge on any atom is 0.225 e. The van der Waals surface area contributed by atoms with Crippen LogP contribution in [0.4, 0.5) is 20.3 Å². The molecule has 6 rings (SSSR count). The van der Waals surface area contributed by atoms with Crippen LogP contribution < -0.4 is 10.1 Å². The highest BCUT2D eigenvalue weighted by Crippen LogP contribution is 2.34. The van der Waals surface area contributed by atoms with E-state index < -0.39 is 16.1 Å². The first kappa shape index (κ1) is 32.3.